The second-order valence-corrected chi connectivity index (χ2v) is 9.30. The average molecular weight is 463 g/mol. The zero-order chi connectivity index (χ0) is 22.0. The molecule has 4 rings (SSSR count). The molecule has 0 N–H and O–H groups in total. The first-order valence-corrected chi connectivity index (χ1v) is 12.1. The van der Waals surface area contributed by atoms with Gasteiger partial charge in [0.2, 0.25) is 0 Å². The molecule has 166 valence electrons. The lowest BCUT2D eigenvalue weighted by atomic mass is 9.73. The minimum atomic E-state index is -0.465. The Kier molecular flexibility index (Phi) is 7.08. The van der Waals surface area contributed by atoms with Gasteiger partial charge in [0.25, 0.3) is 0 Å². The van der Waals surface area contributed by atoms with E-state index in [2.05, 4.69) is 6.92 Å². The first kappa shape index (κ1) is 22.4. The van der Waals surface area contributed by atoms with Gasteiger partial charge in [-0.25, -0.2) is 0 Å². The van der Waals surface area contributed by atoms with Crippen molar-refractivity contribution in [1.82, 2.24) is 0 Å². The second-order valence-electron chi connectivity index (χ2n) is 8.49. The molecular formula is C25H28Cl2O4. The molecule has 0 bridgehead atoms. The molecule has 0 unspecified atom stereocenters. The molecule has 3 aliphatic rings. The number of rotatable bonds is 7. The monoisotopic (exact) mass is 462 g/mol. The van der Waals surface area contributed by atoms with Crippen LogP contribution in [-0.4, -0.2) is 18.2 Å². The third kappa shape index (κ3) is 4.56. The fraction of sp³-hybridized carbons (Fsp3) is 0.520. The van der Waals surface area contributed by atoms with E-state index in [-0.39, 0.29) is 11.6 Å². The fourth-order valence-electron chi connectivity index (χ4n) is 4.74. The Morgan fingerprint density at radius 2 is 1.48 bits per heavy atom. The number of ketones is 2. The van der Waals surface area contributed by atoms with Crippen molar-refractivity contribution < 1.29 is 19.1 Å². The molecule has 0 spiro atoms. The standard InChI is InChI=1S/C25H28Cl2O4/c1-2-3-4-5-12-30-25-16(26)13-15(14-17(25)27)22-23-18(28)8-6-10-20(23)31-21-11-7-9-19(29)24(21)22/h13-14,22H,2-12H2,1H3. The van der Waals surface area contributed by atoms with Crippen molar-refractivity contribution in [3.05, 3.63) is 50.4 Å². The lowest BCUT2D eigenvalue weighted by Crippen LogP contribution is -2.30. The van der Waals surface area contributed by atoms with Gasteiger partial charge in [-0.15, -0.1) is 0 Å². The van der Waals surface area contributed by atoms with E-state index in [0.29, 0.717) is 70.7 Å². The Balaban J connectivity index is 1.69. The predicted molar refractivity (Wildman–Crippen MR) is 122 cm³/mol. The lowest BCUT2D eigenvalue weighted by molar-refractivity contribution is -0.117. The molecular weight excluding hydrogens is 435 g/mol. The number of hydrogen-bond donors (Lipinski definition) is 0. The van der Waals surface area contributed by atoms with Crippen molar-refractivity contribution >= 4 is 34.8 Å². The van der Waals surface area contributed by atoms with Crippen molar-refractivity contribution in [3.63, 3.8) is 0 Å². The summed E-state index contributed by atoms with van der Waals surface area (Å²) in [6, 6.07) is 3.59. The van der Waals surface area contributed by atoms with E-state index in [0.717, 1.165) is 37.7 Å². The number of hydrogen-bond acceptors (Lipinski definition) is 4. The van der Waals surface area contributed by atoms with Gasteiger partial charge in [-0.1, -0.05) is 49.4 Å². The molecule has 0 fully saturated rings. The van der Waals surface area contributed by atoms with Gasteiger partial charge in [0.1, 0.15) is 11.5 Å². The van der Waals surface area contributed by atoms with Crippen LogP contribution in [0.1, 0.15) is 82.6 Å². The van der Waals surface area contributed by atoms with Crippen molar-refractivity contribution in [3.8, 4) is 5.75 Å². The second kappa shape index (κ2) is 9.79. The molecule has 1 aliphatic heterocycles. The summed E-state index contributed by atoms with van der Waals surface area (Å²) >= 11 is 13.1. The molecule has 0 saturated carbocycles. The third-order valence-electron chi connectivity index (χ3n) is 6.24. The topological polar surface area (TPSA) is 52.6 Å². The number of halogens is 2. The van der Waals surface area contributed by atoms with Crippen LogP contribution in [0.15, 0.2) is 34.8 Å². The minimum Gasteiger partial charge on any atom is -0.490 e. The number of carbonyl (C=O) groups excluding carboxylic acids is 2. The van der Waals surface area contributed by atoms with Crippen LogP contribution in [0.2, 0.25) is 10.0 Å². The predicted octanol–water partition coefficient (Wildman–Crippen LogP) is 7.08. The lowest BCUT2D eigenvalue weighted by Gasteiger charge is -2.36. The highest BCUT2D eigenvalue weighted by Crippen LogP contribution is 2.49. The van der Waals surface area contributed by atoms with Crippen molar-refractivity contribution in [2.75, 3.05) is 6.61 Å². The maximum Gasteiger partial charge on any atom is 0.163 e. The Hall–Kier alpha value is -1.78. The van der Waals surface area contributed by atoms with Crippen LogP contribution in [0.5, 0.6) is 5.75 Å². The highest BCUT2D eigenvalue weighted by molar-refractivity contribution is 6.37. The molecule has 2 aliphatic carbocycles. The van der Waals surface area contributed by atoms with E-state index in [1.165, 1.54) is 6.42 Å². The number of unbranched alkanes of at least 4 members (excludes halogenated alkanes) is 3. The first-order chi connectivity index (χ1) is 15.0. The van der Waals surface area contributed by atoms with E-state index in [1.54, 1.807) is 12.1 Å². The highest BCUT2D eigenvalue weighted by Gasteiger charge is 2.42. The molecule has 1 aromatic carbocycles. The molecule has 0 atom stereocenters. The smallest absolute Gasteiger partial charge is 0.163 e. The van der Waals surface area contributed by atoms with E-state index in [4.69, 9.17) is 32.7 Å². The largest absolute Gasteiger partial charge is 0.490 e. The molecule has 1 heterocycles. The number of carbonyl (C=O) groups is 2. The summed E-state index contributed by atoms with van der Waals surface area (Å²) < 4.78 is 11.9. The van der Waals surface area contributed by atoms with Crippen LogP contribution in [0.25, 0.3) is 0 Å². The third-order valence-corrected chi connectivity index (χ3v) is 6.80. The number of ether oxygens (including phenoxy) is 2. The highest BCUT2D eigenvalue weighted by atomic mass is 35.5. The summed E-state index contributed by atoms with van der Waals surface area (Å²) in [5.41, 5.74) is 1.95. The van der Waals surface area contributed by atoms with Gasteiger partial charge in [0.05, 0.1) is 16.7 Å². The van der Waals surface area contributed by atoms with E-state index < -0.39 is 5.92 Å². The van der Waals surface area contributed by atoms with Gasteiger partial charge >= 0.3 is 0 Å². The minimum absolute atomic E-state index is 0.0414. The number of allylic oxidation sites excluding steroid dienone is 4. The fourth-order valence-corrected chi connectivity index (χ4v) is 5.35. The van der Waals surface area contributed by atoms with Crippen molar-refractivity contribution in [2.45, 2.75) is 77.0 Å². The van der Waals surface area contributed by atoms with Crippen LogP contribution < -0.4 is 4.74 Å². The molecule has 0 amide bonds. The quantitative estimate of drug-likeness (QED) is 0.406. The van der Waals surface area contributed by atoms with Gasteiger partial charge in [0.15, 0.2) is 17.3 Å². The summed E-state index contributed by atoms with van der Waals surface area (Å²) in [5, 5.41) is 0.806. The summed E-state index contributed by atoms with van der Waals surface area (Å²) in [4.78, 5) is 25.8. The maximum absolute atomic E-state index is 12.9. The number of benzene rings is 1. The van der Waals surface area contributed by atoms with Crippen LogP contribution in [0.4, 0.5) is 0 Å². The van der Waals surface area contributed by atoms with E-state index in [1.807, 2.05) is 0 Å². The average Bonchev–Trinajstić information content (AvgIpc) is 2.74. The molecule has 0 radical (unpaired) electrons. The zero-order valence-corrected chi connectivity index (χ0v) is 19.4. The Morgan fingerprint density at radius 1 is 0.903 bits per heavy atom. The van der Waals surface area contributed by atoms with Crippen molar-refractivity contribution in [1.29, 1.82) is 0 Å². The maximum atomic E-state index is 12.9. The molecule has 6 heteroatoms. The van der Waals surface area contributed by atoms with E-state index >= 15 is 0 Å². The summed E-state index contributed by atoms with van der Waals surface area (Å²) in [5.74, 6) is 1.49. The molecule has 0 aromatic heterocycles. The molecule has 1 aromatic rings. The molecule has 4 nitrogen and oxygen atoms in total. The van der Waals surface area contributed by atoms with Gasteiger partial charge in [-0.05, 0) is 37.0 Å². The Labute approximate surface area is 193 Å². The van der Waals surface area contributed by atoms with E-state index in [9.17, 15) is 9.59 Å². The SMILES string of the molecule is CCCCCCOc1c(Cl)cc(C2C3=C(CCCC3=O)OC3=C2C(=O)CCC3)cc1Cl. The van der Waals surface area contributed by atoms with Gasteiger partial charge in [0, 0.05) is 42.7 Å². The number of Topliss-reactive ketones (excluding diaryl/α,β-unsaturated/α-hetero) is 2. The van der Waals surface area contributed by atoms with Gasteiger partial charge in [-0.2, -0.15) is 0 Å². The van der Waals surface area contributed by atoms with Crippen molar-refractivity contribution in [2.24, 2.45) is 0 Å². The van der Waals surface area contributed by atoms with Crippen LogP contribution in [0.3, 0.4) is 0 Å². The Morgan fingerprint density at radius 3 is 2.03 bits per heavy atom. The Bertz CT molecular complexity index is 895. The molecule has 31 heavy (non-hydrogen) atoms. The summed E-state index contributed by atoms with van der Waals surface area (Å²) in [6.07, 6.45) is 8.28. The molecule has 0 saturated heterocycles. The van der Waals surface area contributed by atoms with Gasteiger partial charge in [-0.3, -0.25) is 9.59 Å². The summed E-state index contributed by atoms with van der Waals surface area (Å²) in [6.45, 7) is 2.72. The van der Waals surface area contributed by atoms with Crippen LogP contribution in [0, 0.1) is 0 Å². The van der Waals surface area contributed by atoms with Crippen LogP contribution >= 0.6 is 23.2 Å². The summed E-state index contributed by atoms with van der Waals surface area (Å²) in [7, 11) is 0. The van der Waals surface area contributed by atoms with Gasteiger partial charge < -0.3 is 9.47 Å². The van der Waals surface area contributed by atoms with Crippen LogP contribution in [-0.2, 0) is 14.3 Å². The zero-order valence-electron chi connectivity index (χ0n) is 17.9. The first-order valence-electron chi connectivity index (χ1n) is 11.3. The normalized spacial score (nSPS) is 19.3.